The molecule has 1 aliphatic heterocycles. The molecule has 2 heteroatoms. The smallest absolute Gasteiger partial charge is 0.0237 e. The molecule has 0 aromatic heterocycles. The Labute approximate surface area is 105 Å². The topological polar surface area (TPSA) is 29.3 Å². The molecule has 2 nitrogen and oxygen atoms in total. The summed E-state index contributed by atoms with van der Waals surface area (Å²) in [7, 11) is 0. The average molecular weight is 232 g/mol. The highest BCUT2D eigenvalue weighted by molar-refractivity contribution is 5.26. The summed E-state index contributed by atoms with van der Waals surface area (Å²) >= 11 is 0. The van der Waals surface area contributed by atoms with Gasteiger partial charge in [-0.15, -0.1) is 0 Å². The summed E-state index contributed by atoms with van der Waals surface area (Å²) in [5.74, 6) is 0.897. The number of hydrogen-bond acceptors (Lipinski definition) is 2. The molecule has 0 amide bonds. The number of hydrogen-bond donors (Lipinski definition) is 1. The van der Waals surface area contributed by atoms with E-state index in [-0.39, 0.29) is 0 Å². The van der Waals surface area contributed by atoms with E-state index in [1.807, 2.05) is 0 Å². The lowest BCUT2D eigenvalue weighted by molar-refractivity contribution is 0.164. The predicted molar refractivity (Wildman–Crippen MR) is 72.6 cm³/mol. The van der Waals surface area contributed by atoms with E-state index in [0.717, 1.165) is 12.5 Å². The van der Waals surface area contributed by atoms with Crippen LogP contribution in [0.3, 0.4) is 0 Å². The van der Waals surface area contributed by atoms with E-state index < -0.39 is 0 Å². The Balaban J connectivity index is 2.00. The van der Waals surface area contributed by atoms with E-state index in [9.17, 15) is 0 Å². The molecule has 1 unspecified atom stereocenters. The van der Waals surface area contributed by atoms with E-state index in [1.165, 1.54) is 43.5 Å². The largest absolute Gasteiger partial charge is 0.326 e. The van der Waals surface area contributed by atoms with Gasteiger partial charge in [-0.05, 0) is 36.4 Å². The van der Waals surface area contributed by atoms with Crippen LogP contribution in [0.4, 0.5) is 0 Å². The van der Waals surface area contributed by atoms with Gasteiger partial charge in [-0.2, -0.15) is 0 Å². The van der Waals surface area contributed by atoms with Crippen LogP contribution in [0, 0.1) is 5.92 Å². The first kappa shape index (κ1) is 12.6. The van der Waals surface area contributed by atoms with E-state index in [4.69, 9.17) is 5.73 Å². The van der Waals surface area contributed by atoms with Crippen LogP contribution >= 0.6 is 0 Å². The number of nitrogens with zero attached hydrogens (tertiary/aromatic N) is 1. The van der Waals surface area contributed by atoms with Crippen LogP contribution < -0.4 is 5.73 Å². The molecule has 0 bridgehead atoms. The Morgan fingerprint density at radius 2 is 2.06 bits per heavy atom. The minimum absolute atomic E-state index is 0.654. The molecule has 0 aliphatic carbocycles. The minimum atomic E-state index is 0.654. The zero-order valence-electron chi connectivity index (χ0n) is 10.9. The van der Waals surface area contributed by atoms with Gasteiger partial charge < -0.3 is 5.73 Å². The standard InChI is InChI=1S/C15H24N2/c1-2-13-6-5-9-17(11-13)12-15-8-4-3-7-14(15)10-16/h3-4,7-8,13H,2,5-6,9-12,16H2,1H3. The van der Waals surface area contributed by atoms with E-state index in [2.05, 4.69) is 36.1 Å². The van der Waals surface area contributed by atoms with Crippen LogP contribution in [0.2, 0.25) is 0 Å². The van der Waals surface area contributed by atoms with Gasteiger partial charge >= 0.3 is 0 Å². The van der Waals surface area contributed by atoms with Crippen molar-refractivity contribution < 1.29 is 0 Å². The second kappa shape index (κ2) is 6.18. The highest BCUT2D eigenvalue weighted by Crippen LogP contribution is 2.21. The van der Waals surface area contributed by atoms with Crippen molar-refractivity contribution in [1.29, 1.82) is 0 Å². The summed E-state index contributed by atoms with van der Waals surface area (Å²) in [4.78, 5) is 2.59. The molecule has 0 radical (unpaired) electrons. The van der Waals surface area contributed by atoms with E-state index >= 15 is 0 Å². The Hall–Kier alpha value is -0.860. The molecule has 1 aromatic rings. The molecule has 1 fully saturated rings. The number of rotatable bonds is 4. The van der Waals surface area contributed by atoms with Crippen molar-refractivity contribution in [2.24, 2.45) is 11.7 Å². The summed E-state index contributed by atoms with van der Waals surface area (Å²) in [5, 5.41) is 0. The van der Waals surface area contributed by atoms with Crippen LogP contribution in [0.5, 0.6) is 0 Å². The van der Waals surface area contributed by atoms with Crippen LogP contribution in [-0.2, 0) is 13.1 Å². The van der Waals surface area contributed by atoms with Crippen molar-refractivity contribution in [1.82, 2.24) is 4.90 Å². The molecule has 1 heterocycles. The second-order valence-corrected chi connectivity index (χ2v) is 5.12. The summed E-state index contributed by atoms with van der Waals surface area (Å²) in [6.45, 7) is 6.54. The first-order chi connectivity index (χ1) is 8.33. The summed E-state index contributed by atoms with van der Waals surface area (Å²) in [6.07, 6.45) is 4.07. The average Bonchev–Trinajstić information content (AvgIpc) is 2.39. The fourth-order valence-electron chi connectivity index (χ4n) is 2.78. The van der Waals surface area contributed by atoms with Crippen molar-refractivity contribution in [3.05, 3.63) is 35.4 Å². The highest BCUT2D eigenvalue weighted by Gasteiger charge is 2.18. The van der Waals surface area contributed by atoms with Crippen molar-refractivity contribution in [2.45, 2.75) is 39.3 Å². The normalized spacial score (nSPS) is 21.6. The molecule has 1 atom stereocenters. The van der Waals surface area contributed by atoms with Crippen LogP contribution in [0.1, 0.15) is 37.3 Å². The van der Waals surface area contributed by atoms with Gasteiger partial charge in [0.1, 0.15) is 0 Å². The molecule has 17 heavy (non-hydrogen) atoms. The first-order valence-electron chi connectivity index (χ1n) is 6.82. The summed E-state index contributed by atoms with van der Waals surface area (Å²) in [6, 6.07) is 8.57. The quantitative estimate of drug-likeness (QED) is 0.865. The third-order valence-corrected chi connectivity index (χ3v) is 3.91. The molecule has 0 spiro atoms. The molecule has 94 valence electrons. The lowest BCUT2D eigenvalue weighted by Gasteiger charge is -2.32. The molecule has 0 saturated carbocycles. The van der Waals surface area contributed by atoms with Crippen molar-refractivity contribution in [2.75, 3.05) is 13.1 Å². The molecular formula is C15H24N2. The second-order valence-electron chi connectivity index (χ2n) is 5.12. The van der Waals surface area contributed by atoms with Gasteiger partial charge in [0.25, 0.3) is 0 Å². The van der Waals surface area contributed by atoms with Gasteiger partial charge in [0.15, 0.2) is 0 Å². The summed E-state index contributed by atoms with van der Waals surface area (Å²) < 4.78 is 0. The number of piperidine rings is 1. The van der Waals surface area contributed by atoms with Gasteiger partial charge in [-0.3, -0.25) is 4.90 Å². The fourth-order valence-corrected chi connectivity index (χ4v) is 2.78. The molecule has 1 aliphatic rings. The van der Waals surface area contributed by atoms with Gasteiger partial charge in [-0.25, -0.2) is 0 Å². The van der Waals surface area contributed by atoms with Gasteiger partial charge in [-0.1, -0.05) is 37.6 Å². The van der Waals surface area contributed by atoms with Crippen molar-refractivity contribution in [3.8, 4) is 0 Å². The Bertz CT molecular complexity index is 349. The maximum atomic E-state index is 5.79. The molecule has 2 N–H and O–H groups in total. The number of benzene rings is 1. The molecule has 1 saturated heterocycles. The highest BCUT2D eigenvalue weighted by atomic mass is 15.1. The lowest BCUT2D eigenvalue weighted by atomic mass is 9.95. The predicted octanol–water partition coefficient (Wildman–Crippen LogP) is 2.77. The third-order valence-electron chi connectivity index (χ3n) is 3.91. The zero-order chi connectivity index (χ0) is 12.1. The van der Waals surface area contributed by atoms with Crippen LogP contribution in [0.15, 0.2) is 24.3 Å². The Morgan fingerprint density at radius 3 is 2.76 bits per heavy atom. The van der Waals surface area contributed by atoms with Crippen LogP contribution in [-0.4, -0.2) is 18.0 Å². The van der Waals surface area contributed by atoms with Crippen LogP contribution in [0.25, 0.3) is 0 Å². The maximum Gasteiger partial charge on any atom is 0.0237 e. The van der Waals surface area contributed by atoms with Crippen molar-refractivity contribution >= 4 is 0 Å². The molecule has 2 rings (SSSR count). The number of likely N-dealkylation sites (tertiary alicyclic amines) is 1. The SMILES string of the molecule is CCC1CCCN(Cc2ccccc2CN)C1. The lowest BCUT2D eigenvalue weighted by Crippen LogP contribution is -2.34. The van der Waals surface area contributed by atoms with E-state index in [1.54, 1.807) is 0 Å². The third kappa shape index (κ3) is 3.30. The fraction of sp³-hybridized carbons (Fsp3) is 0.600. The maximum absolute atomic E-state index is 5.79. The van der Waals surface area contributed by atoms with Gasteiger partial charge in [0.2, 0.25) is 0 Å². The first-order valence-corrected chi connectivity index (χ1v) is 6.82. The minimum Gasteiger partial charge on any atom is -0.326 e. The van der Waals surface area contributed by atoms with Gasteiger partial charge in [0.05, 0.1) is 0 Å². The Morgan fingerprint density at radius 1 is 1.29 bits per heavy atom. The van der Waals surface area contributed by atoms with Gasteiger partial charge in [0, 0.05) is 19.6 Å². The Kier molecular flexibility index (Phi) is 4.57. The number of nitrogens with two attached hydrogens (primary N) is 1. The molecular weight excluding hydrogens is 208 g/mol. The zero-order valence-corrected chi connectivity index (χ0v) is 10.9. The monoisotopic (exact) mass is 232 g/mol. The molecule has 1 aromatic carbocycles. The van der Waals surface area contributed by atoms with E-state index in [0.29, 0.717) is 6.54 Å². The summed E-state index contributed by atoms with van der Waals surface area (Å²) in [5.41, 5.74) is 8.50. The van der Waals surface area contributed by atoms with Crippen molar-refractivity contribution in [3.63, 3.8) is 0 Å².